The Labute approximate surface area is 167 Å². The van der Waals surface area contributed by atoms with Crippen molar-refractivity contribution in [2.45, 2.75) is 31.7 Å². The van der Waals surface area contributed by atoms with Crippen molar-refractivity contribution < 1.29 is 0 Å². The van der Waals surface area contributed by atoms with Crippen LogP contribution in [-0.4, -0.2) is 44.6 Å². The lowest BCUT2D eigenvalue weighted by Gasteiger charge is -2.39. The van der Waals surface area contributed by atoms with Gasteiger partial charge in [-0.2, -0.15) is 0 Å². The Kier molecular flexibility index (Phi) is 7.72. The molecule has 2 unspecified atom stereocenters. The van der Waals surface area contributed by atoms with Crippen LogP contribution in [0, 0.1) is 5.92 Å². The molecule has 146 valence electrons. The second kappa shape index (κ2) is 10.5. The van der Waals surface area contributed by atoms with E-state index in [4.69, 9.17) is 0 Å². The first-order valence-corrected chi connectivity index (χ1v) is 10.9. The first-order valence-electron chi connectivity index (χ1n) is 10.00. The molecule has 4 nitrogen and oxygen atoms in total. The van der Waals surface area contributed by atoms with Gasteiger partial charge in [0.15, 0.2) is 5.96 Å². The molecule has 2 heterocycles. The fourth-order valence-electron chi connectivity index (χ4n) is 3.97. The number of nitrogens with one attached hydrogen (secondary N) is 2. The van der Waals surface area contributed by atoms with Gasteiger partial charge in [-0.25, -0.2) is 0 Å². The van der Waals surface area contributed by atoms with Gasteiger partial charge in [-0.15, -0.1) is 11.3 Å². The molecular weight excluding hydrogens is 352 g/mol. The van der Waals surface area contributed by atoms with Gasteiger partial charge in [-0.05, 0) is 62.2 Å². The summed E-state index contributed by atoms with van der Waals surface area (Å²) >= 11 is 1.88. The summed E-state index contributed by atoms with van der Waals surface area (Å²) in [4.78, 5) is 8.40. The zero-order valence-electron chi connectivity index (χ0n) is 16.5. The van der Waals surface area contributed by atoms with Crippen molar-refractivity contribution in [3.8, 4) is 0 Å². The van der Waals surface area contributed by atoms with Crippen LogP contribution in [0.25, 0.3) is 0 Å². The van der Waals surface area contributed by atoms with Gasteiger partial charge < -0.3 is 10.6 Å². The van der Waals surface area contributed by atoms with Crippen LogP contribution in [0.4, 0.5) is 0 Å². The topological polar surface area (TPSA) is 39.7 Å². The number of likely N-dealkylation sites (tertiary alicyclic amines) is 1. The van der Waals surface area contributed by atoms with Crippen LogP contribution in [0.3, 0.4) is 0 Å². The first-order chi connectivity index (χ1) is 13.3. The van der Waals surface area contributed by atoms with E-state index in [-0.39, 0.29) is 0 Å². The molecule has 1 aromatic heterocycles. The molecule has 2 atom stereocenters. The Morgan fingerprint density at radius 1 is 1.19 bits per heavy atom. The lowest BCUT2D eigenvalue weighted by atomic mass is 9.88. The number of guanidine groups is 1. The number of hydrogen-bond acceptors (Lipinski definition) is 3. The molecule has 1 fully saturated rings. The number of aliphatic imine (C=N–C) groups is 1. The highest BCUT2D eigenvalue weighted by Gasteiger charge is 2.31. The summed E-state index contributed by atoms with van der Waals surface area (Å²) in [5.74, 6) is 1.53. The Hall–Kier alpha value is -1.85. The van der Waals surface area contributed by atoms with Gasteiger partial charge in [0.1, 0.15) is 0 Å². The van der Waals surface area contributed by atoms with Crippen molar-refractivity contribution in [3.05, 3.63) is 58.3 Å². The van der Waals surface area contributed by atoms with E-state index in [1.54, 1.807) is 0 Å². The molecule has 0 aliphatic carbocycles. The van der Waals surface area contributed by atoms with Crippen molar-refractivity contribution in [1.82, 2.24) is 15.5 Å². The Bertz CT molecular complexity index is 684. The minimum absolute atomic E-state index is 0.516. The molecule has 2 aromatic rings. The predicted molar refractivity (Wildman–Crippen MR) is 117 cm³/mol. The highest BCUT2D eigenvalue weighted by molar-refractivity contribution is 7.10. The number of hydrogen-bond donors (Lipinski definition) is 2. The van der Waals surface area contributed by atoms with Crippen molar-refractivity contribution in [1.29, 1.82) is 0 Å². The van der Waals surface area contributed by atoms with Crippen molar-refractivity contribution in [2.24, 2.45) is 10.9 Å². The minimum Gasteiger partial charge on any atom is -0.356 e. The summed E-state index contributed by atoms with van der Waals surface area (Å²) in [6, 6.07) is 15.6. The van der Waals surface area contributed by atoms with Crippen LogP contribution in [0.15, 0.2) is 52.8 Å². The van der Waals surface area contributed by atoms with Gasteiger partial charge in [-0.3, -0.25) is 9.89 Å². The summed E-state index contributed by atoms with van der Waals surface area (Å²) in [5.41, 5.74) is 1.39. The molecular formula is C22H32N4S. The Balaban J connectivity index is 1.45. The van der Waals surface area contributed by atoms with Gasteiger partial charge in [0.2, 0.25) is 0 Å². The maximum Gasteiger partial charge on any atom is 0.190 e. The van der Waals surface area contributed by atoms with Crippen LogP contribution in [0.5, 0.6) is 0 Å². The van der Waals surface area contributed by atoms with E-state index in [0.717, 1.165) is 31.9 Å². The number of piperidine rings is 1. The second-order valence-corrected chi connectivity index (χ2v) is 8.29. The summed E-state index contributed by atoms with van der Waals surface area (Å²) in [6.45, 7) is 3.09. The number of benzene rings is 1. The van der Waals surface area contributed by atoms with E-state index in [0.29, 0.717) is 12.0 Å². The molecule has 1 saturated heterocycles. The number of aryl methyl sites for hydroxylation is 1. The second-order valence-electron chi connectivity index (χ2n) is 7.31. The molecule has 0 radical (unpaired) electrons. The van der Waals surface area contributed by atoms with E-state index < -0.39 is 0 Å². The molecule has 0 saturated carbocycles. The van der Waals surface area contributed by atoms with E-state index in [9.17, 15) is 0 Å². The third-order valence-electron chi connectivity index (χ3n) is 5.37. The predicted octanol–water partition coefficient (Wildman–Crippen LogP) is 3.93. The van der Waals surface area contributed by atoms with Crippen LogP contribution in [0.1, 0.15) is 35.7 Å². The van der Waals surface area contributed by atoms with Gasteiger partial charge in [-0.1, -0.05) is 36.4 Å². The third kappa shape index (κ3) is 5.81. The van der Waals surface area contributed by atoms with E-state index in [2.05, 4.69) is 75.4 Å². The molecule has 1 aromatic carbocycles. The minimum atomic E-state index is 0.516. The molecule has 0 spiro atoms. The maximum atomic E-state index is 4.41. The molecule has 1 aliphatic heterocycles. The lowest BCUT2D eigenvalue weighted by Crippen LogP contribution is -2.45. The maximum absolute atomic E-state index is 4.41. The summed E-state index contributed by atoms with van der Waals surface area (Å²) in [7, 11) is 4.11. The number of thiophene rings is 1. The largest absolute Gasteiger partial charge is 0.356 e. The standard InChI is InChI=1S/C22H32N4S/c1-23-22(24-14-6-11-18-9-4-3-5-10-18)25-17-19-12-7-15-26(2)21(19)20-13-8-16-27-20/h3-5,8-10,13,16,19,21H,6-7,11-12,14-15,17H2,1-2H3,(H2,23,24,25). The smallest absolute Gasteiger partial charge is 0.190 e. The molecule has 5 heteroatoms. The van der Waals surface area contributed by atoms with Gasteiger partial charge >= 0.3 is 0 Å². The zero-order valence-corrected chi connectivity index (χ0v) is 17.3. The van der Waals surface area contributed by atoms with Crippen molar-refractivity contribution in [2.75, 3.05) is 33.7 Å². The summed E-state index contributed by atoms with van der Waals surface area (Å²) in [6.07, 6.45) is 4.74. The Morgan fingerprint density at radius 3 is 2.78 bits per heavy atom. The van der Waals surface area contributed by atoms with E-state index in [1.165, 1.54) is 29.8 Å². The molecule has 3 rings (SSSR count). The number of rotatable bonds is 7. The monoisotopic (exact) mass is 384 g/mol. The molecule has 1 aliphatic rings. The highest BCUT2D eigenvalue weighted by atomic mass is 32.1. The van der Waals surface area contributed by atoms with Crippen LogP contribution >= 0.6 is 11.3 Å². The highest BCUT2D eigenvalue weighted by Crippen LogP contribution is 2.36. The molecule has 0 amide bonds. The van der Waals surface area contributed by atoms with E-state index in [1.807, 2.05) is 18.4 Å². The molecule has 27 heavy (non-hydrogen) atoms. The normalized spacial score (nSPS) is 21.2. The average Bonchev–Trinajstić information content (AvgIpc) is 3.22. The molecule has 0 bridgehead atoms. The summed E-state index contributed by atoms with van der Waals surface area (Å²) < 4.78 is 0. The molecule has 2 N–H and O–H groups in total. The average molecular weight is 385 g/mol. The Morgan fingerprint density at radius 2 is 2.04 bits per heavy atom. The lowest BCUT2D eigenvalue weighted by molar-refractivity contribution is 0.125. The van der Waals surface area contributed by atoms with Crippen molar-refractivity contribution in [3.63, 3.8) is 0 Å². The van der Waals surface area contributed by atoms with E-state index >= 15 is 0 Å². The fraction of sp³-hybridized carbons (Fsp3) is 0.500. The quantitative estimate of drug-likeness (QED) is 0.432. The van der Waals surface area contributed by atoms with Crippen LogP contribution in [-0.2, 0) is 6.42 Å². The number of nitrogens with zero attached hydrogens (tertiary/aromatic N) is 2. The SMILES string of the molecule is CN=C(NCCCc1ccccc1)NCC1CCCN(C)C1c1cccs1. The third-order valence-corrected chi connectivity index (χ3v) is 6.32. The van der Waals surface area contributed by atoms with Gasteiger partial charge in [0.25, 0.3) is 0 Å². The summed E-state index contributed by atoms with van der Waals surface area (Å²) in [5, 5.41) is 9.23. The van der Waals surface area contributed by atoms with Crippen molar-refractivity contribution >= 4 is 17.3 Å². The van der Waals surface area contributed by atoms with Gasteiger partial charge in [0.05, 0.1) is 0 Å². The van der Waals surface area contributed by atoms with Crippen LogP contribution < -0.4 is 10.6 Å². The van der Waals surface area contributed by atoms with Crippen LogP contribution in [0.2, 0.25) is 0 Å². The fourth-order valence-corrected chi connectivity index (χ4v) is 4.96. The first kappa shape index (κ1) is 19.9. The van der Waals surface area contributed by atoms with Gasteiger partial charge in [0, 0.05) is 31.1 Å². The zero-order chi connectivity index (χ0) is 18.9.